The van der Waals surface area contributed by atoms with Crippen LogP contribution in [0.4, 0.5) is 0 Å². The van der Waals surface area contributed by atoms with Gasteiger partial charge in [-0.05, 0) is 46.5 Å². The summed E-state index contributed by atoms with van der Waals surface area (Å²) in [6, 6.07) is 0. The van der Waals surface area contributed by atoms with Crippen LogP contribution in [0.15, 0.2) is 35.5 Å². The van der Waals surface area contributed by atoms with Crippen molar-refractivity contribution in [3.63, 3.8) is 0 Å². The Kier molecular flexibility index (Phi) is 10.0. The zero-order valence-electron chi connectivity index (χ0n) is 12.2. The van der Waals surface area contributed by atoms with Crippen molar-refractivity contribution in [2.24, 2.45) is 0 Å². The van der Waals surface area contributed by atoms with Gasteiger partial charge in [-0.15, -0.1) is 0 Å². The molecule has 0 aliphatic heterocycles. The first-order chi connectivity index (χ1) is 8.52. The van der Waals surface area contributed by atoms with Crippen molar-refractivity contribution >= 4 is 5.97 Å². The Balaban J connectivity index is 3.62. The highest BCUT2D eigenvalue weighted by Crippen LogP contribution is 2.08. The summed E-state index contributed by atoms with van der Waals surface area (Å²) in [6.45, 7) is 8.26. The molecule has 18 heavy (non-hydrogen) atoms. The lowest BCUT2D eigenvalue weighted by atomic mass is 10.1. The van der Waals surface area contributed by atoms with Gasteiger partial charge in [-0.2, -0.15) is 0 Å². The van der Waals surface area contributed by atoms with E-state index in [-0.39, 0.29) is 5.97 Å². The van der Waals surface area contributed by atoms with Gasteiger partial charge in [-0.1, -0.05) is 35.5 Å². The van der Waals surface area contributed by atoms with Gasteiger partial charge < -0.3 is 4.74 Å². The summed E-state index contributed by atoms with van der Waals surface area (Å²) in [7, 11) is 0. The molecule has 0 saturated carbocycles. The fraction of sp³-hybridized carbons (Fsp3) is 0.562. The number of rotatable bonds is 8. The topological polar surface area (TPSA) is 26.3 Å². The minimum absolute atomic E-state index is 0.227. The summed E-state index contributed by atoms with van der Waals surface area (Å²) < 4.78 is 4.80. The first kappa shape index (κ1) is 16.7. The summed E-state index contributed by atoms with van der Waals surface area (Å²) in [5, 5.41) is 0. The number of hydrogen-bond acceptors (Lipinski definition) is 2. The molecule has 0 spiro atoms. The fourth-order valence-electron chi connectivity index (χ4n) is 1.47. The van der Waals surface area contributed by atoms with Gasteiger partial charge in [0.2, 0.25) is 0 Å². The zero-order valence-corrected chi connectivity index (χ0v) is 12.2. The van der Waals surface area contributed by atoms with E-state index in [0.29, 0.717) is 6.61 Å². The predicted octanol–water partition coefficient (Wildman–Crippen LogP) is 4.58. The molecule has 0 unspecified atom stereocenters. The lowest BCUT2D eigenvalue weighted by Gasteiger charge is -1.98. The lowest BCUT2D eigenvalue weighted by Crippen LogP contribution is -1.97. The maximum atomic E-state index is 10.5. The minimum Gasteiger partial charge on any atom is -0.462 e. The molecule has 2 heteroatoms. The molecule has 0 saturated heterocycles. The lowest BCUT2D eigenvalue weighted by molar-refractivity contribution is -0.139. The predicted molar refractivity (Wildman–Crippen MR) is 77.4 cm³/mol. The van der Waals surface area contributed by atoms with Gasteiger partial charge in [-0.3, -0.25) is 4.79 Å². The number of hydrogen-bond donors (Lipinski definition) is 0. The van der Waals surface area contributed by atoms with Crippen LogP contribution in [-0.4, -0.2) is 12.6 Å². The molecule has 0 aromatic heterocycles. The Labute approximate surface area is 111 Å². The van der Waals surface area contributed by atoms with Crippen LogP contribution >= 0.6 is 0 Å². The van der Waals surface area contributed by atoms with Crippen LogP contribution in [0.1, 0.15) is 53.4 Å². The van der Waals surface area contributed by atoms with E-state index in [1.807, 2.05) is 6.08 Å². The number of carbonyl (C=O) groups is 1. The molecule has 0 radical (unpaired) electrons. The van der Waals surface area contributed by atoms with Crippen LogP contribution < -0.4 is 0 Å². The van der Waals surface area contributed by atoms with Crippen molar-refractivity contribution < 1.29 is 9.53 Å². The molecular formula is C16H26O2. The van der Waals surface area contributed by atoms with Gasteiger partial charge in [0.05, 0.1) is 0 Å². The molecule has 0 aliphatic rings. The Morgan fingerprint density at radius 1 is 0.944 bits per heavy atom. The third kappa shape index (κ3) is 12.8. The molecule has 0 amide bonds. The molecule has 0 aromatic carbocycles. The van der Waals surface area contributed by atoms with Crippen molar-refractivity contribution in [2.45, 2.75) is 53.4 Å². The van der Waals surface area contributed by atoms with Gasteiger partial charge >= 0.3 is 5.97 Å². The van der Waals surface area contributed by atoms with E-state index in [9.17, 15) is 4.79 Å². The molecule has 102 valence electrons. The molecule has 0 N–H and O–H groups in total. The van der Waals surface area contributed by atoms with Crippen molar-refractivity contribution in [3.05, 3.63) is 35.5 Å². The molecule has 0 atom stereocenters. The van der Waals surface area contributed by atoms with Gasteiger partial charge in [0.1, 0.15) is 6.61 Å². The van der Waals surface area contributed by atoms with Gasteiger partial charge in [0.25, 0.3) is 0 Å². The summed E-state index contributed by atoms with van der Waals surface area (Å²) in [5.41, 5.74) is 2.83. The number of unbranched alkanes of at least 4 members (excludes halogenated alkanes) is 1. The Morgan fingerprint density at radius 3 is 2.28 bits per heavy atom. The Bertz CT molecular complexity index is 318. The Morgan fingerprint density at radius 2 is 1.67 bits per heavy atom. The standard InChI is InChI=1S/C16H26O2/c1-14(2)10-9-12-15(3)11-7-5-6-8-13-18-16(4)17/h6,8,10-11H,5,7,9,12-13H2,1-4H3. The summed E-state index contributed by atoms with van der Waals surface area (Å²) >= 11 is 0. The Hall–Kier alpha value is -1.31. The maximum absolute atomic E-state index is 10.5. The molecule has 0 aromatic rings. The highest BCUT2D eigenvalue weighted by molar-refractivity contribution is 5.65. The van der Waals surface area contributed by atoms with E-state index in [1.54, 1.807) is 0 Å². The van der Waals surface area contributed by atoms with Crippen LogP contribution in [0.25, 0.3) is 0 Å². The maximum Gasteiger partial charge on any atom is 0.302 e. The van der Waals surface area contributed by atoms with Gasteiger partial charge in [0.15, 0.2) is 0 Å². The average molecular weight is 250 g/mol. The molecule has 0 aliphatic carbocycles. The highest BCUT2D eigenvalue weighted by atomic mass is 16.5. The van der Waals surface area contributed by atoms with Crippen molar-refractivity contribution in [1.82, 2.24) is 0 Å². The quantitative estimate of drug-likeness (QED) is 0.358. The minimum atomic E-state index is -0.227. The van der Waals surface area contributed by atoms with E-state index in [4.69, 9.17) is 4.74 Å². The van der Waals surface area contributed by atoms with E-state index >= 15 is 0 Å². The van der Waals surface area contributed by atoms with Crippen LogP contribution in [0.5, 0.6) is 0 Å². The largest absolute Gasteiger partial charge is 0.462 e. The number of esters is 1. The molecule has 0 heterocycles. The van der Waals surface area contributed by atoms with Crippen LogP contribution in [-0.2, 0) is 9.53 Å². The van der Waals surface area contributed by atoms with Crippen LogP contribution in [0.3, 0.4) is 0 Å². The van der Waals surface area contributed by atoms with Crippen molar-refractivity contribution in [1.29, 1.82) is 0 Å². The molecule has 0 bridgehead atoms. The van der Waals surface area contributed by atoms with Gasteiger partial charge in [-0.25, -0.2) is 0 Å². The van der Waals surface area contributed by atoms with Crippen LogP contribution in [0, 0.1) is 0 Å². The van der Waals surface area contributed by atoms with Crippen molar-refractivity contribution in [3.8, 4) is 0 Å². The first-order valence-corrected chi connectivity index (χ1v) is 6.59. The second-order valence-electron chi connectivity index (χ2n) is 4.72. The second-order valence-corrected chi connectivity index (χ2v) is 4.72. The molecular weight excluding hydrogens is 224 g/mol. The fourth-order valence-corrected chi connectivity index (χ4v) is 1.47. The summed E-state index contributed by atoms with van der Waals surface area (Å²) in [4.78, 5) is 10.5. The molecule has 0 rings (SSSR count). The molecule has 0 fully saturated rings. The number of ether oxygens (including phenoxy) is 1. The van der Waals surface area contributed by atoms with E-state index in [0.717, 1.165) is 25.7 Å². The average Bonchev–Trinajstić information content (AvgIpc) is 2.26. The van der Waals surface area contributed by atoms with E-state index in [1.165, 1.54) is 18.1 Å². The monoisotopic (exact) mass is 250 g/mol. The number of allylic oxidation sites excluding steroid dienone is 5. The smallest absolute Gasteiger partial charge is 0.302 e. The second kappa shape index (κ2) is 10.8. The zero-order chi connectivity index (χ0) is 13.8. The SMILES string of the molecule is CC(=O)OCC=CCCC=C(C)CCC=C(C)C. The van der Waals surface area contributed by atoms with Crippen molar-refractivity contribution in [2.75, 3.05) is 6.61 Å². The summed E-state index contributed by atoms with van der Waals surface area (Å²) in [6.07, 6.45) is 12.8. The highest BCUT2D eigenvalue weighted by Gasteiger charge is 1.89. The number of carbonyl (C=O) groups excluding carboxylic acids is 1. The first-order valence-electron chi connectivity index (χ1n) is 6.59. The third-order valence-electron chi connectivity index (χ3n) is 2.47. The third-order valence-corrected chi connectivity index (χ3v) is 2.47. The van der Waals surface area contributed by atoms with E-state index < -0.39 is 0 Å². The van der Waals surface area contributed by atoms with Gasteiger partial charge in [0, 0.05) is 6.92 Å². The normalized spacial score (nSPS) is 11.7. The molecule has 2 nitrogen and oxygen atoms in total. The van der Waals surface area contributed by atoms with E-state index in [2.05, 4.69) is 39.0 Å². The summed E-state index contributed by atoms with van der Waals surface area (Å²) in [5.74, 6) is -0.227. The van der Waals surface area contributed by atoms with Crippen LogP contribution in [0.2, 0.25) is 0 Å².